The molecule has 0 radical (unpaired) electrons. The van der Waals surface area contributed by atoms with Crippen LogP contribution in [0.3, 0.4) is 0 Å². The third-order valence-electron chi connectivity index (χ3n) is 2.97. The molecule has 1 aliphatic rings. The van der Waals surface area contributed by atoms with Crippen molar-refractivity contribution in [3.8, 4) is 5.75 Å². The van der Waals surface area contributed by atoms with E-state index in [1.54, 1.807) is 0 Å². The summed E-state index contributed by atoms with van der Waals surface area (Å²) in [5.41, 5.74) is 2.45. The van der Waals surface area contributed by atoms with Gasteiger partial charge in [-0.05, 0) is 18.1 Å². The van der Waals surface area contributed by atoms with E-state index in [0.29, 0.717) is 19.2 Å². The molecule has 19 heavy (non-hydrogen) atoms. The molecule has 0 heterocycles. The molecule has 0 fully saturated rings. The molecule has 0 saturated heterocycles. The summed E-state index contributed by atoms with van der Waals surface area (Å²) >= 11 is 0. The van der Waals surface area contributed by atoms with Gasteiger partial charge in [-0.2, -0.15) is 0 Å². The molecule has 0 aliphatic heterocycles. The van der Waals surface area contributed by atoms with Crippen LogP contribution in [-0.4, -0.2) is 30.4 Å². The van der Waals surface area contributed by atoms with Gasteiger partial charge in [-0.3, -0.25) is 0 Å². The van der Waals surface area contributed by atoms with Crippen LogP contribution in [0, 0.1) is 0 Å². The molecule has 0 aromatic heterocycles. The maximum Gasteiger partial charge on any atom is 0.126 e. The second-order valence-electron chi connectivity index (χ2n) is 4.96. The van der Waals surface area contributed by atoms with Gasteiger partial charge < -0.3 is 15.2 Å². The zero-order valence-electron chi connectivity index (χ0n) is 11.4. The number of hydrogen-bond donors (Lipinski definition) is 2. The van der Waals surface area contributed by atoms with Crippen molar-refractivity contribution in [2.24, 2.45) is 0 Å². The number of nitrogens with one attached hydrogen (secondary N) is 1. The van der Waals surface area contributed by atoms with E-state index in [1.165, 1.54) is 5.56 Å². The van der Waals surface area contributed by atoms with Crippen LogP contribution in [0.15, 0.2) is 24.3 Å². The smallest absolute Gasteiger partial charge is 0.126 e. The Balaban J connectivity index is 0.00000180. The molecule has 2 N–H and O–H groups in total. The molecular formula is C15H22ClNO2. The van der Waals surface area contributed by atoms with Gasteiger partial charge in [0.15, 0.2) is 0 Å². The van der Waals surface area contributed by atoms with Gasteiger partial charge in [-0.15, -0.1) is 12.4 Å². The van der Waals surface area contributed by atoms with Crippen molar-refractivity contribution >= 4 is 18.5 Å². The van der Waals surface area contributed by atoms with Crippen LogP contribution in [0.4, 0.5) is 0 Å². The first-order chi connectivity index (χ1) is 8.66. The lowest BCUT2D eigenvalue weighted by molar-refractivity contribution is 0.104. The molecule has 1 aromatic rings. The first-order valence-electron chi connectivity index (χ1n) is 6.49. The van der Waals surface area contributed by atoms with Gasteiger partial charge in [0.05, 0.1) is 0 Å². The van der Waals surface area contributed by atoms with E-state index in [1.807, 2.05) is 12.1 Å². The summed E-state index contributed by atoms with van der Waals surface area (Å²) < 4.78 is 5.70. The second kappa shape index (κ2) is 7.53. The molecule has 0 saturated carbocycles. The Labute approximate surface area is 121 Å². The van der Waals surface area contributed by atoms with Gasteiger partial charge in [0.2, 0.25) is 0 Å². The van der Waals surface area contributed by atoms with E-state index in [9.17, 15) is 5.11 Å². The Bertz CT molecular complexity index is 432. The summed E-state index contributed by atoms with van der Waals surface area (Å²) in [5, 5.41) is 13.0. The van der Waals surface area contributed by atoms with Crippen LogP contribution in [0.25, 0.3) is 6.08 Å². The van der Waals surface area contributed by atoms with Gasteiger partial charge in [0.1, 0.15) is 18.5 Å². The SMILES string of the molecule is CC(C)NC[C@@H](O)COc1cccc2c1C=CC2.Cl. The molecular weight excluding hydrogens is 262 g/mol. The van der Waals surface area contributed by atoms with Gasteiger partial charge >= 0.3 is 0 Å². The zero-order chi connectivity index (χ0) is 13.0. The van der Waals surface area contributed by atoms with Gasteiger partial charge in [-0.1, -0.05) is 38.1 Å². The molecule has 2 rings (SSSR count). The number of rotatable bonds is 6. The monoisotopic (exact) mass is 283 g/mol. The fourth-order valence-electron chi connectivity index (χ4n) is 2.00. The molecule has 106 valence electrons. The second-order valence-corrected chi connectivity index (χ2v) is 4.96. The van der Waals surface area contributed by atoms with Gasteiger partial charge in [0, 0.05) is 18.2 Å². The van der Waals surface area contributed by atoms with Crippen molar-refractivity contribution in [1.29, 1.82) is 0 Å². The highest BCUT2D eigenvalue weighted by atomic mass is 35.5. The Morgan fingerprint density at radius 3 is 2.89 bits per heavy atom. The van der Waals surface area contributed by atoms with Crippen LogP contribution in [0.5, 0.6) is 5.75 Å². The van der Waals surface area contributed by atoms with Crippen molar-refractivity contribution in [2.45, 2.75) is 32.4 Å². The van der Waals surface area contributed by atoms with Crippen LogP contribution in [0.1, 0.15) is 25.0 Å². The summed E-state index contributed by atoms with van der Waals surface area (Å²) in [7, 11) is 0. The fourth-order valence-corrected chi connectivity index (χ4v) is 2.00. The average molecular weight is 284 g/mol. The number of ether oxygens (including phenoxy) is 1. The molecule has 0 spiro atoms. The fraction of sp³-hybridized carbons (Fsp3) is 0.467. The minimum Gasteiger partial charge on any atom is -0.490 e. The quantitative estimate of drug-likeness (QED) is 0.842. The molecule has 0 amide bonds. The Hall–Kier alpha value is -1.03. The van der Waals surface area contributed by atoms with Crippen LogP contribution in [-0.2, 0) is 6.42 Å². The Kier molecular flexibility index (Phi) is 6.35. The largest absolute Gasteiger partial charge is 0.490 e. The third-order valence-corrected chi connectivity index (χ3v) is 2.97. The highest BCUT2D eigenvalue weighted by Crippen LogP contribution is 2.28. The molecule has 4 heteroatoms. The number of aliphatic hydroxyl groups excluding tert-OH is 1. The van der Waals surface area contributed by atoms with E-state index in [4.69, 9.17) is 4.74 Å². The van der Waals surface area contributed by atoms with E-state index < -0.39 is 6.10 Å². The standard InChI is InChI=1S/C15H21NO2.ClH/c1-11(2)16-9-13(17)10-18-15-8-4-6-12-5-3-7-14(12)15;/h3-4,6-8,11,13,16-17H,5,9-10H2,1-2H3;1H/t13-;/m1./s1. The molecule has 3 nitrogen and oxygen atoms in total. The van der Waals surface area contributed by atoms with E-state index in [2.05, 4.69) is 37.4 Å². The lowest BCUT2D eigenvalue weighted by Gasteiger charge is -2.16. The van der Waals surface area contributed by atoms with Gasteiger partial charge in [0.25, 0.3) is 0 Å². The van der Waals surface area contributed by atoms with Gasteiger partial charge in [-0.25, -0.2) is 0 Å². The third kappa shape index (κ3) is 4.53. The highest BCUT2D eigenvalue weighted by Gasteiger charge is 2.12. The van der Waals surface area contributed by atoms with Crippen LogP contribution in [0.2, 0.25) is 0 Å². The maximum absolute atomic E-state index is 9.80. The zero-order valence-corrected chi connectivity index (χ0v) is 12.2. The highest BCUT2D eigenvalue weighted by molar-refractivity contribution is 5.85. The Morgan fingerprint density at radius 2 is 2.16 bits per heavy atom. The lowest BCUT2D eigenvalue weighted by atomic mass is 10.1. The summed E-state index contributed by atoms with van der Waals surface area (Å²) in [6.07, 6.45) is 4.72. The number of fused-ring (bicyclic) bond motifs is 1. The van der Waals surface area contributed by atoms with Crippen molar-refractivity contribution in [1.82, 2.24) is 5.32 Å². The summed E-state index contributed by atoms with van der Waals surface area (Å²) in [5.74, 6) is 0.866. The van der Waals surface area contributed by atoms with Crippen molar-refractivity contribution < 1.29 is 9.84 Å². The lowest BCUT2D eigenvalue weighted by Crippen LogP contribution is -2.35. The van der Waals surface area contributed by atoms with E-state index >= 15 is 0 Å². The van der Waals surface area contributed by atoms with E-state index in [-0.39, 0.29) is 12.4 Å². The predicted molar refractivity (Wildman–Crippen MR) is 81.1 cm³/mol. The maximum atomic E-state index is 9.80. The van der Waals surface area contributed by atoms with Crippen molar-refractivity contribution in [2.75, 3.05) is 13.2 Å². The van der Waals surface area contributed by atoms with Crippen molar-refractivity contribution in [3.63, 3.8) is 0 Å². The summed E-state index contributed by atoms with van der Waals surface area (Å²) in [4.78, 5) is 0. The van der Waals surface area contributed by atoms with Crippen molar-refractivity contribution in [3.05, 3.63) is 35.4 Å². The number of halogens is 1. The number of hydrogen-bond acceptors (Lipinski definition) is 3. The minimum atomic E-state index is -0.478. The Morgan fingerprint density at radius 1 is 1.37 bits per heavy atom. The average Bonchev–Trinajstić information content (AvgIpc) is 2.82. The van der Waals surface area contributed by atoms with Crippen LogP contribution >= 0.6 is 12.4 Å². The van der Waals surface area contributed by atoms with E-state index in [0.717, 1.165) is 17.7 Å². The molecule has 1 aliphatic carbocycles. The minimum absolute atomic E-state index is 0. The first-order valence-corrected chi connectivity index (χ1v) is 6.49. The topological polar surface area (TPSA) is 41.5 Å². The first kappa shape index (κ1) is 16.0. The molecule has 1 aromatic carbocycles. The predicted octanol–water partition coefficient (Wildman–Crippen LogP) is 2.42. The molecule has 0 bridgehead atoms. The molecule has 0 unspecified atom stereocenters. The van der Waals surface area contributed by atoms with Crippen LogP contribution < -0.4 is 10.1 Å². The molecule has 1 atom stereocenters. The number of aliphatic hydroxyl groups is 1. The summed E-state index contributed by atoms with van der Waals surface area (Å²) in [6.45, 7) is 5.00. The number of allylic oxidation sites excluding steroid dienone is 1. The normalized spacial score (nSPS) is 14.1. The summed E-state index contributed by atoms with van der Waals surface area (Å²) in [6, 6.07) is 6.44. The number of benzene rings is 1.